The number of rotatable bonds is 10. The third-order valence-electron chi connectivity index (χ3n) is 11.9. The number of fused-ring (bicyclic) bond motifs is 4. The summed E-state index contributed by atoms with van der Waals surface area (Å²) in [7, 11) is 0. The van der Waals surface area contributed by atoms with Gasteiger partial charge in [0.15, 0.2) is 40.6 Å². The molecule has 3 atom stereocenters. The van der Waals surface area contributed by atoms with Crippen LogP contribution in [-0.2, 0) is 4.79 Å². The number of aliphatic hydroxyl groups is 1. The second kappa shape index (κ2) is 22.0. The van der Waals surface area contributed by atoms with Crippen molar-refractivity contribution in [3.63, 3.8) is 0 Å². The Bertz CT molecular complexity index is 3230. The van der Waals surface area contributed by atoms with Crippen molar-refractivity contribution < 1.29 is 118 Å². The minimum Gasteiger partial charge on any atom is -0.488 e. The Morgan fingerprint density at radius 1 is 0.575 bits per heavy atom. The zero-order valence-electron chi connectivity index (χ0n) is 40.0. The molecule has 0 aromatic heterocycles. The van der Waals surface area contributed by atoms with Crippen LogP contribution in [-0.4, -0.2) is 87.3 Å². The Labute approximate surface area is 445 Å². The summed E-state index contributed by atoms with van der Waals surface area (Å²) in [6, 6.07) is 23.6. The van der Waals surface area contributed by atoms with Gasteiger partial charge in [-0.3, -0.25) is 4.79 Å². The summed E-state index contributed by atoms with van der Waals surface area (Å²) in [5.74, 6) is -4.36. The number of halogens is 17. The molecule has 1 N–H and O–H groups in total. The second-order valence-corrected chi connectivity index (χ2v) is 17.1. The summed E-state index contributed by atoms with van der Waals surface area (Å²) in [5.41, 5.74) is 1.38. The van der Waals surface area contributed by atoms with Crippen LogP contribution >= 0.6 is 11.6 Å². The number of Topliss-reactive ketones (excluding diaryl/α,β-unsaturated/α-hetero) is 1. The van der Waals surface area contributed by atoms with Gasteiger partial charge in [-0.1, -0.05) is 60.7 Å². The first-order valence-electron chi connectivity index (χ1n) is 22.7. The topological polar surface area (TPSA) is 118 Å². The van der Waals surface area contributed by atoms with Crippen molar-refractivity contribution in [2.75, 3.05) is 42.5 Å². The molecule has 6 aromatic rings. The van der Waals surface area contributed by atoms with Crippen molar-refractivity contribution in [3.05, 3.63) is 132 Å². The summed E-state index contributed by atoms with van der Waals surface area (Å²) < 4.78 is 247. The average molecular weight is 1180 g/mol. The summed E-state index contributed by atoms with van der Waals surface area (Å²) in [5, 5.41) is 9.91. The third-order valence-corrected chi connectivity index (χ3v) is 11.9. The number of carbonyl (C=O) groups is 1. The van der Waals surface area contributed by atoms with Crippen LogP contribution in [0, 0.1) is 0 Å². The molecular weight excluding hydrogens is 1140 g/mol. The quantitative estimate of drug-likeness (QED) is 0.104. The van der Waals surface area contributed by atoms with Crippen molar-refractivity contribution in [1.29, 1.82) is 0 Å². The fourth-order valence-electron chi connectivity index (χ4n) is 8.67. The highest BCUT2D eigenvalue weighted by atomic mass is 35.5. The van der Waals surface area contributed by atoms with Crippen molar-refractivity contribution in [3.8, 4) is 68.2 Å². The van der Waals surface area contributed by atoms with E-state index in [2.05, 4.69) is 40.0 Å². The van der Waals surface area contributed by atoms with E-state index in [1.807, 2.05) is 0 Å². The number of para-hydroxylation sites is 2. The lowest BCUT2D eigenvalue weighted by Gasteiger charge is -2.40. The van der Waals surface area contributed by atoms with E-state index >= 15 is 0 Å². The molecule has 0 aliphatic carbocycles. The highest BCUT2D eigenvalue weighted by molar-refractivity contribution is 6.15. The van der Waals surface area contributed by atoms with E-state index in [4.69, 9.17) is 9.47 Å². The average Bonchev–Trinajstić information content (AvgIpc) is 4.02. The van der Waals surface area contributed by atoms with Crippen LogP contribution in [0.1, 0.15) is 23.2 Å². The van der Waals surface area contributed by atoms with Gasteiger partial charge in [0, 0.05) is 17.5 Å². The number of nitrogens with zero attached hydrogens (tertiary/aromatic N) is 2. The molecular formula is C51H35ClF16N2O10. The molecule has 12 nitrogen and oxygen atoms in total. The second-order valence-electron chi connectivity index (χ2n) is 17.1. The Morgan fingerprint density at radius 2 is 0.975 bits per heavy atom. The van der Waals surface area contributed by atoms with Crippen molar-refractivity contribution in [1.82, 2.24) is 0 Å². The molecule has 0 spiro atoms. The van der Waals surface area contributed by atoms with Gasteiger partial charge in [0.25, 0.3) is 5.78 Å². The summed E-state index contributed by atoms with van der Waals surface area (Å²) in [4.78, 5) is 14.3. The molecule has 4 heterocycles. The minimum absolute atomic E-state index is 0.000148. The normalized spacial score (nSPS) is 17.9. The number of alkyl halides is 17. The number of ketones is 1. The molecule has 10 rings (SSSR count). The van der Waals surface area contributed by atoms with E-state index in [9.17, 15) is 80.1 Å². The van der Waals surface area contributed by atoms with E-state index in [0.717, 1.165) is 41.3 Å². The van der Waals surface area contributed by atoms with E-state index in [0.29, 0.717) is 0 Å². The molecule has 0 radical (unpaired) electrons. The van der Waals surface area contributed by atoms with Gasteiger partial charge in [-0.15, -0.1) is 55.5 Å². The fourth-order valence-corrected chi connectivity index (χ4v) is 8.67. The van der Waals surface area contributed by atoms with Gasteiger partial charge in [0.2, 0.25) is 0 Å². The van der Waals surface area contributed by atoms with Gasteiger partial charge in [-0.25, -0.2) is 0 Å². The third kappa shape index (κ3) is 13.4. The molecule has 4 aliphatic rings. The molecule has 0 bridgehead atoms. The highest BCUT2D eigenvalue weighted by Crippen LogP contribution is 2.51. The van der Waals surface area contributed by atoms with Gasteiger partial charge >= 0.3 is 37.7 Å². The lowest BCUT2D eigenvalue weighted by molar-refractivity contribution is -0.287. The van der Waals surface area contributed by atoms with Crippen LogP contribution in [0.15, 0.2) is 121 Å². The summed E-state index contributed by atoms with van der Waals surface area (Å²) >= 11 is 4.64. The number of anilines is 2. The maximum absolute atomic E-state index is 13.5. The van der Waals surface area contributed by atoms with Gasteiger partial charge in [-0.05, 0) is 82.9 Å². The van der Waals surface area contributed by atoms with Crippen molar-refractivity contribution in [2.45, 2.75) is 55.9 Å². The first-order chi connectivity index (χ1) is 37.4. The first kappa shape index (κ1) is 58.3. The monoisotopic (exact) mass is 1170 g/mol. The van der Waals surface area contributed by atoms with Gasteiger partial charge in [0.1, 0.15) is 24.7 Å². The van der Waals surface area contributed by atoms with Crippen LogP contribution in [0.25, 0.3) is 22.3 Å². The van der Waals surface area contributed by atoms with E-state index < -0.39 is 86.2 Å². The highest BCUT2D eigenvalue weighted by Gasteiger charge is 2.48. The molecule has 0 amide bonds. The first-order valence-corrected chi connectivity index (χ1v) is 23.5. The molecule has 80 heavy (non-hydrogen) atoms. The van der Waals surface area contributed by atoms with Gasteiger partial charge < -0.3 is 52.8 Å². The molecule has 3 unspecified atom stereocenters. The maximum atomic E-state index is 13.5. The van der Waals surface area contributed by atoms with E-state index in [1.54, 1.807) is 0 Å². The lowest BCUT2D eigenvalue weighted by atomic mass is 9.98. The number of hydrogen-bond donors (Lipinski definition) is 1. The zero-order valence-corrected chi connectivity index (χ0v) is 40.8. The Kier molecular flexibility index (Phi) is 16.0. The fraction of sp³-hybridized carbons (Fsp3) is 0.275. The SMILES string of the molecule is CCl.O=C(CN1c2cccc(-c3cccc(OC(F)(F)F)c3)c2OCC1c1ccc2c(c1)OC(F)(F)O2)C(F)(F)F.OC(CN1c2cccc(-c3cccc(OC(F)(F)F)c3)c2OCC1c1ccc2c(c1)OC(F)(F)O2)C(F)(F)F. The molecule has 0 fully saturated rings. The predicted molar refractivity (Wildman–Crippen MR) is 248 cm³/mol. The minimum atomic E-state index is -5.18. The molecule has 4 aliphatic heterocycles. The predicted octanol–water partition coefficient (Wildman–Crippen LogP) is 13.9. The Hall–Kier alpha value is -7.88. The number of β-amino-alcohol motifs (C(OH)–C–C–N with tert-alkyl or cyclic N) is 1. The lowest BCUT2D eigenvalue weighted by Crippen LogP contribution is -2.46. The molecule has 0 saturated carbocycles. The van der Waals surface area contributed by atoms with Crippen LogP contribution in [0.5, 0.6) is 46.0 Å². The molecule has 29 heteroatoms. The van der Waals surface area contributed by atoms with Crippen LogP contribution in [0.4, 0.5) is 81.6 Å². The molecule has 428 valence electrons. The Balaban J connectivity index is 0.000000204. The van der Waals surface area contributed by atoms with Crippen molar-refractivity contribution in [2.24, 2.45) is 0 Å². The smallest absolute Gasteiger partial charge is 0.488 e. The molecule has 6 aromatic carbocycles. The van der Waals surface area contributed by atoms with E-state index in [1.165, 1.54) is 96.2 Å². The van der Waals surface area contributed by atoms with E-state index in [-0.39, 0.29) is 92.5 Å². The number of ether oxygens (including phenoxy) is 8. The maximum Gasteiger partial charge on any atom is 0.586 e. The largest absolute Gasteiger partial charge is 0.586 e. The number of carbonyl (C=O) groups excluding carboxylic acids is 1. The van der Waals surface area contributed by atoms with Crippen LogP contribution in [0.2, 0.25) is 0 Å². The zero-order chi connectivity index (χ0) is 58.3. The number of aliphatic hydroxyl groups excluding tert-OH is 1. The van der Waals surface area contributed by atoms with Gasteiger partial charge in [-0.2, -0.15) is 26.3 Å². The number of hydrogen-bond acceptors (Lipinski definition) is 12. The van der Waals surface area contributed by atoms with Crippen molar-refractivity contribution >= 4 is 28.8 Å². The summed E-state index contributed by atoms with van der Waals surface area (Å²) in [6.45, 7) is -2.76. The molecule has 0 saturated heterocycles. The standard InChI is InChI=1S/C25H17F8NO5.C25H15F8NO5.CH3Cl/c2*26-23(27,28)21(35)11-34-17-6-2-5-16(13-3-1-4-15(9-13)37-24(29,30)31)22(17)36-12-18(34)14-7-8-19-20(10-14)39-25(32,33)38-19;1-2/h1-10,18,21,35H,11-12H2;1-10,18H,11-12H2;1H3. The summed E-state index contributed by atoms with van der Waals surface area (Å²) in [6.07, 6.45) is -29.2. The van der Waals surface area contributed by atoms with Crippen LogP contribution in [0.3, 0.4) is 0 Å². The van der Waals surface area contributed by atoms with Gasteiger partial charge in [0.05, 0.1) is 36.5 Å². The number of benzene rings is 6. The Morgan fingerprint density at radius 3 is 1.39 bits per heavy atom. The van der Waals surface area contributed by atoms with Crippen LogP contribution < -0.4 is 47.7 Å².